The molecule has 0 fully saturated rings. The summed E-state index contributed by atoms with van der Waals surface area (Å²) in [6.45, 7) is 1.77. The fourth-order valence-corrected chi connectivity index (χ4v) is 4.46. The van der Waals surface area contributed by atoms with Crippen LogP contribution < -0.4 is 0 Å². The van der Waals surface area contributed by atoms with Gasteiger partial charge in [0.15, 0.2) is 5.82 Å². The normalized spacial score (nSPS) is 15.1. The van der Waals surface area contributed by atoms with Crippen LogP contribution in [0.25, 0.3) is 5.00 Å². The van der Waals surface area contributed by atoms with E-state index in [0.29, 0.717) is 38.5 Å². The molecular formula is C19H15ClN4O4S. The molecule has 0 saturated carbocycles. The first-order valence-corrected chi connectivity index (χ1v) is 9.84. The Kier molecular flexibility index (Phi) is 4.93. The molecule has 2 aromatic heterocycles. The number of carbonyl (C=O) groups is 2. The van der Waals surface area contributed by atoms with E-state index in [2.05, 4.69) is 10.2 Å². The molecule has 4 rings (SSSR count). The van der Waals surface area contributed by atoms with Gasteiger partial charge in [0, 0.05) is 16.0 Å². The van der Waals surface area contributed by atoms with Crippen molar-refractivity contribution < 1.29 is 19.4 Å². The van der Waals surface area contributed by atoms with Gasteiger partial charge >= 0.3 is 11.9 Å². The highest BCUT2D eigenvalue weighted by Gasteiger charge is 2.33. The van der Waals surface area contributed by atoms with Crippen molar-refractivity contribution in [2.45, 2.75) is 19.4 Å². The van der Waals surface area contributed by atoms with Crippen molar-refractivity contribution in [1.82, 2.24) is 14.8 Å². The number of methoxy groups -OCH3 is 1. The van der Waals surface area contributed by atoms with Crippen LogP contribution in [0.5, 0.6) is 0 Å². The Morgan fingerprint density at radius 3 is 2.66 bits per heavy atom. The molecule has 1 N–H and O–H groups in total. The monoisotopic (exact) mass is 430 g/mol. The molecule has 0 aliphatic carbocycles. The van der Waals surface area contributed by atoms with Crippen LogP contribution in [0, 0.1) is 6.92 Å². The number of aryl methyl sites for hydroxylation is 1. The molecule has 1 aromatic carbocycles. The highest BCUT2D eigenvalue weighted by atomic mass is 35.5. The third-order valence-corrected chi connectivity index (χ3v) is 5.80. The van der Waals surface area contributed by atoms with Crippen molar-refractivity contribution in [2.24, 2.45) is 4.99 Å². The van der Waals surface area contributed by atoms with E-state index in [1.165, 1.54) is 18.4 Å². The SMILES string of the molecule is COC(=O)C[C@H]1N=C(c2ccc(Cl)cc2)c2c(C(=O)O)csc2-n2c(C)nnc21. The quantitative estimate of drug-likeness (QED) is 0.635. The summed E-state index contributed by atoms with van der Waals surface area (Å²) < 4.78 is 6.57. The number of rotatable bonds is 4. The molecular weight excluding hydrogens is 416 g/mol. The predicted octanol–water partition coefficient (Wildman–Crippen LogP) is 3.44. The second kappa shape index (κ2) is 7.41. The van der Waals surface area contributed by atoms with E-state index in [9.17, 15) is 14.7 Å². The Hall–Kier alpha value is -3.04. The zero-order valence-corrected chi connectivity index (χ0v) is 17.0. The van der Waals surface area contributed by atoms with Crippen molar-refractivity contribution in [2.75, 3.05) is 7.11 Å². The number of carboxylic acid groups (broad SMARTS) is 1. The van der Waals surface area contributed by atoms with Gasteiger partial charge in [0.05, 0.1) is 30.4 Å². The lowest BCUT2D eigenvalue weighted by atomic mass is 10.00. The third kappa shape index (κ3) is 3.32. The summed E-state index contributed by atoms with van der Waals surface area (Å²) in [6, 6.07) is 6.26. The van der Waals surface area contributed by atoms with E-state index < -0.39 is 18.0 Å². The first-order chi connectivity index (χ1) is 13.9. The van der Waals surface area contributed by atoms with E-state index in [0.717, 1.165) is 0 Å². The Balaban J connectivity index is 2.02. The van der Waals surface area contributed by atoms with Gasteiger partial charge in [-0.1, -0.05) is 23.7 Å². The lowest BCUT2D eigenvalue weighted by Crippen LogP contribution is -2.12. The number of carboxylic acids is 1. The molecule has 10 heteroatoms. The van der Waals surface area contributed by atoms with Crippen molar-refractivity contribution >= 4 is 40.6 Å². The van der Waals surface area contributed by atoms with Crippen molar-refractivity contribution in [1.29, 1.82) is 0 Å². The van der Waals surface area contributed by atoms with Crippen LogP contribution in [-0.4, -0.2) is 44.6 Å². The smallest absolute Gasteiger partial charge is 0.337 e. The zero-order chi connectivity index (χ0) is 20.7. The lowest BCUT2D eigenvalue weighted by molar-refractivity contribution is -0.141. The number of thiophene rings is 1. The molecule has 0 bridgehead atoms. The number of hydrogen-bond acceptors (Lipinski definition) is 7. The maximum Gasteiger partial charge on any atom is 0.337 e. The Morgan fingerprint density at radius 2 is 2.00 bits per heavy atom. The molecule has 0 spiro atoms. The van der Waals surface area contributed by atoms with Crippen LogP contribution in [0.15, 0.2) is 34.6 Å². The number of halogens is 1. The van der Waals surface area contributed by atoms with Crippen LogP contribution >= 0.6 is 22.9 Å². The fourth-order valence-electron chi connectivity index (χ4n) is 3.23. The van der Waals surface area contributed by atoms with Gasteiger partial charge in [0.1, 0.15) is 16.9 Å². The number of aromatic nitrogens is 3. The molecule has 0 radical (unpaired) electrons. The van der Waals surface area contributed by atoms with Crippen LogP contribution in [0.2, 0.25) is 5.02 Å². The van der Waals surface area contributed by atoms with Crippen molar-refractivity contribution in [3.63, 3.8) is 0 Å². The van der Waals surface area contributed by atoms with Gasteiger partial charge in [0.2, 0.25) is 0 Å². The number of aliphatic imine (C=N–C) groups is 1. The number of aromatic carboxylic acids is 1. The van der Waals surface area contributed by atoms with Crippen LogP contribution in [0.1, 0.15) is 45.6 Å². The zero-order valence-electron chi connectivity index (χ0n) is 15.4. The number of hydrogen-bond donors (Lipinski definition) is 1. The minimum atomic E-state index is -1.07. The van der Waals surface area contributed by atoms with E-state index in [-0.39, 0.29) is 12.0 Å². The minimum absolute atomic E-state index is 0.0525. The second-order valence-corrected chi connectivity index (χ2v) is 7.65. The number of benzene rings is 1. The lowest BCUT2D eigenvalue weighted by Gasteiger charge is -2.11. The molecule has 8 nitrogen and oxygen atoms in total. The first kappa shape index (κ1) is 19.3. The van der Waals surface area contributed by atoms with Gasteiger partial charge in [-0.15, -0.1) is 21.5 Å². The van der Waals surface area contributed by atoms with Crippen molar-refractivity contribution in [3.8, 4) is 5.00 Å². The fraction of sp³-hybridized carbons (Fsp3) is 0.211. The summed E-state index contributed by atoms with van der Waals surface area (Å²) in [5, 5.41) is 20.9. The summed E-state index contributed by atoms with van der Waals surface area (Å²) >= 11 is 7.28. The summed E-state index contributed by atoms with van der Waals surface area (Å²) in [6.07, 6.45) is -0.0525. The molecule has 3 aromatic rings. The number of nitrogens with zero attached hydrogens (tertiary/aromatic N) is 4. The Morgan fingerprint density at radius 1 is 1.28 bits per heavy atom. The second-order valence-electron chi connectivity index (χ2n) is 6.36. The molecule has 1 atom stereocenters. The average Bonchev–Trinajstić information content (AvgIpc) is 3.26. The number of esters is 1. The first-order valence-electron chi connectivity index (χ1n) is 8.58. The third-order valence-electron chi connectivity index (χ3n) is 4.58. The maximum atomic E-state index is 12.0. The van der Waals surface area contributed by atoms with Gasteiger partial charge in [-0.25, -0.2) is 4.79 Å². The Bertz CT molecular complexity index is 1150. The molecule has 0 unspecified atom stereocenters. The summed E-state index contributed by atoms with van der Waals surface area (Å²) in [7, 11) is 1.30. The van der Waals surface area contributed by atoms with Gasteiger partial charge in [-0.05, 0) is 19.1 Å². The molecule has 0 saturated heterocycles. The molecule has 3 heterocycles. The Labute approximate surface area is 174 Å². The summed E-state index contributed by atoms with van der Waals surface area (Å²) in [5.41, 5.74) is 1.72. The van der Waals surface area contributed by atoms with Crippen LogP contribution in [0.3, 0.4) is 0 Å². The number of carbonyl (C=O) groups excluding carboxylic acids is 1. The highest BCUT2D eigenvalue weighted by Crippen LogP contribution is 2.37. The summed E-state index contributed by atoms with van der Waals surface area (Å²) in [5.74, 6) is -0.493. The van der Waals surface area contributed by atoms with Crippen LogP contribution in [0.4, 0.5) is 0 Å². The molecule has 29 heavy (non-hydrogen) atoms. The molecule has 0 amide bonds. The van der Waals surface area contributed by atoms with E-state index >= 15 is 0 Å². The molecule has 148 valence electrons. The number of ether oxygens (including phenoxy) is 1. The van der Waals surface area contributed by atoms with E-state index in [1.54, 1.807) is 41.1 Å². The largest absolute Gasteiger partial charge is 0.478 e. The van der Waals surface area contributed by atoms with Gasteiger partial charge < -0.3 is 9.84 Å². The van der Waals surface area contributed by atoms with Gasteiger partial charge in [-0.3, -0.25) is 14.4 Å². The van der Waals surface area contributed by atoms with Crippen molar-refractivity contribution in [3.05, 3.63) is 63.0 Å². The minimum Gasteiger partial charge on any atom is -0.478 e. The standard InChI is InChI=1S/C19H15ClN4O4S/c1-9-22-23-17-13(7-14(25)28-2)21-16(10-3-5-11(20)6-4-10)15-12(19(26)27)8-29-18(15)24(9)17/h3-6,8,13H,7H2,1-2H3,(H,26,27)/t13-/m1/s1. The predicted molar refractivity (Wildman–Crippen MR) is 107 cm³/mol. The maximum absolute atomic E-state index is 12.0. The van der Waals surface area contributed by atoms with Gasteiger partial charge in [-0.2, -0.15) is 0 Å². The summed E-state index contributed by atoms with van der Waals surface area (Å²) in [4.78, 5) is 28.7. The highest BCUT2D eigenvalue weighted by molar-refractivity contribution is 7.13. The van der Waals surface area contributed by atoms with Gasteiger partial charge in [0.25, 0.3) is 0 Å². The average molecular weight is 431 g/mol. The molecule has 1 aliphatic rings. The van der Waals surface area contributed by atoms with E-state index in [4.69, 9.17) is 21.3 Å². The number of fused-ring (bicyclic) bond motifs is 3. The topological polar surface area (TPSA) is 107 Å². The van der Waals surface area contributed by atoms with Crippen LogP contribution in [-0.2, 0) is 9.53 Å². The van der Waals surface area contributed by atoms with E-state index in [1.807, 2.05) is 0 Å². The molecule has 1 aliphatic heterocycles.